The first-order chi connectivity index (χ1) is 17.1. The molecule has 1 heterocycles. The van der Waals surface area contributed by atoms with E-state index < -0.39 is 41.7 Å². The number of hydrogen-bond donors (Lipinski definition) is 2. The van der Waals surface area contributed by atoms with Crippen molar-refractivity contribution in [3.63, 3.8) is 0 Å². The summed E-state index contributed by atoms with van der Waals surface area (Å²) < 4.78 is 19.6. The van der Waals surface area contributed by atoms with Crippen LogP contribution in [0.5, 0.6) is 5.75 Å². The van der Waals surface area contributed by atoms with Gasteiger partial charge in [-0.25, -0.2) is 4.39 Å². The SMILES string of the molecule is CCC(C)(C)NC(=O)[C@@H](c1cccc(OC)c1)N(C(=O)CNC(=O)c1cccs1)c1cccc(F)c1. The Balaban J connectivity index is 2.06. The van der Waals surface area contributed by atoms with Gasteiger partial charge in [0.1, 0.15) is 17.6 Å². The zero-order chi connectivity index (χ0) is 26.3. The minimum absolute atomic E-state index is 0.183. The van der Waals surface area contributed by atoms with Crippen LogP contribution in [-0.2, 0) is 9.59 Å². The lowest BCUT2D eigenvalue weighted by atomic mass is 9.98. The molecule has 0 unspecified atom stereocenters. The first-order valence-electron chi connectivity index (χ1n) is 11.5. The molecule has 0 saturated heterocycles. The molecule has 3 amide bonds. The summed E-state index contributed by atoms with van der Waals surface area (Å²) >= 11 is 1.25. The van der Waals surface area contributed by atoms with Crippen molar-refractivity contribution in [3.8, 4) is 5.75 Å². The lowest BCUT2D eigenvalue weighted by Gasteiger charge is -2.34. The van der Waals surface area contributed by atoms with Crippen molar-refractivity contribution in [1.29, 1.82) is 0 Å². The second-order valence-electron chi connectivity index (χ2n) is 8.81. The number of benzene rings is 2. The molecule has 0 radical (unpaired) electrons. The summed E-state index contributed by atoms with van der Waals surface area (Å²) in [7, 11) is 1.50. The van der Waals surface area contributed by atoms with Crippen LogP contribution in [-0.4, -0.2) is 36.9 Å². The van der Waals surface area contributed by atoms with Crippen LogP contribution in [0.1, 0.15) is 48.5 Å². The lowest BCUT2D eigenvalue weighted by Crippen LogP contribution is -2.52. The summed E-state index contributed by atoms with van der Waals surface area (Å²) in [5.74, 6) is -1.50. The van der Waals surface area contributed by atoms with E-state index in [-0.39, 0.29) is 5.69 Å². The molecule has 190 valence electrons. The third-order valence-corrected chi connectivity index (χ3v) is 6.63. The van der Waals surface area contributed by atoms with E-state index in [9.17, 15) is 18.8 Å². The minimum Gasteiger partial charge on any atom is -0.497 e. The standard InChI is InChI=1S/C27H30FN3O4S/c1-5-27(2,3)30-26(34)24(18-9-6-12-21(15-18)35-4)31(20-11-7-10-19(28)16-20)23(32)17-29-25(33)22-13-8-14-36-22/h6-16,24H,5,17H2,1-4H3,(H,29,33)(H,30,34)/t24-/m1/s1. The molecule has 3 rings (SSSR count). The number of ether oxygens (including phenoxy) is 1. The van der Waals surface area contributed by atoms with Gasteiger partial charge >= 0.3 is 0 Å². The van der Waals surface area contributed by atoms with Gasteiger partial charge in [-0.1, -0.05) is 31.2 Å². The van der Waals surface area contributed by atoms with Gasteiger partial charge in [0.2, 0.25) is 11.8 Å². The monoisotopic (exact) mass is 511 g/mol. The van der Waals surface area contributed by atoms with E-state index in [2.05, 4.69) is 10.6 Å². The topological polar surface area (TPSA) is 87.7 Å². The number of methoxy groups -OCH3 is 1. The summed E-state index contributed by atoms with van der Waals surface area (Å²) in [6.45, 7) is 5.31. The van der Waals surface area contributed by atoms with Gasteiger partial charge in [0, 0.05) is 11.2 Å². The number of nitrogens with zero attached hydrogens (tertiary/aromatic N) is 1. The highest BCUT2D eigenvalue weighted by atomic mass is 32.1. The maximum Gasteiger partial charge on any atom is 0.261 e. The van der Waals surface area contributed by atoms with E-state index in [4.69, 9.17) is 4.74 Å². The Kier molecular flexibility index (Phi) is 8.82. The molecule has 7 nitrogen and oxygen atoms in total. The van der Waals surface area contributed by atoms with E-state index in [0.717, 1.165) is 0 Å². The van der Waals surface area contributed by atoms with Gasteiger partial charge in [-0.3, -0.25) is 19.3 Å². The van der Waals surface area contributed by atoms with Gasteiger partial charge in [-0.05, 0) is 67.6 Å². The number of rotatable bonds is 10. The predicted molar refractivity (Wildman–Crippen MR) is 139 cm³/mol. The highest BCUT2D eigenvalue weighted by molar-refractivity contribution is 7.12. The fourth-order valence-corrected chi connectivity index (χ4v) is 4.16. The highest BCUT2D eigenvalue weighted by Gasteiger charge is 2.35. The number of anilines is 1. The fourth-order valence-electron chi connectivity index (χ4n) is 3.52. The first-order valence-corrected chi connectivity index (χ1v) is 12.4. The number of carbonyl (C=O) groups excluding carboxylic acids is 3. The van der Waals surface area contributed by atoms with Crippen LogP contribution >= 0.6 is 11.3 Å². The number of nitrogens with one attached hydrogen (secondary N) is 2. The van der Waals surface area contributed by atoms with Crippen LogP contribution < -0.4 is 20.3 Å². The van der Waals surface area contributed by atoms with Crippen molar-refractivity contribution in [3.05, 3.63) is 82.3 Å². The van der Waals surface area contributed by atoms with E-state index in [1.807, 2.05) is 20.8 Å². The van der Waals surface area contributed by atoms with Crippen LogP contribution in [0.25, 0.3) is 0 Å². The summed E-state index contributed by atoms with van der Waals surface area (Å²) in [4.78, 5) is 41.5. The zero-order valence-corrected chi connectivity index (χ0v) is 21.5. The van der Waals surface area contributed by atoms with Gasteiger partial charge in [0.15, 0.2) is 0 Å². The summed E-state index contributed by atoms with van der Waals surface area (Å²) in [5, 5.41) is 7.36. The molecule has 0 spiro atoms. The van der Waals surface area contributed by atoms with E-state index in [0.29, 0.717) is 22.6 Å². The summed E-state index contributed by atoms with van der Waals surface area (Å²) in [6, 6.07) is 14.5. The van der Waals surface area contributed by atoms with Crippen LogP contribution in [0, 0.1) is 5.82 Å². The molecule has 2 N–H and O–H groups in total. The lowest BCUT2D eigenvalue weighted by molar-refractivity contribution is -0.127. The molecule has 36 heavy (non-hydrogen) atoms. The molecule has 0 bridgehead atoms. The molecular formula is C27H30FN3O4S. The third kappa shape index (κ3) is 6.69. The molecule has 2 aromatic carbocycles. The predicted octanol–water partition coefficient (Wildman–Crippen LogP) is 4.70. The van der Waals surface area contributed by atoms with Crippen molar-refractivity contribution in [2.45, 2.75) is 38.8 Å². The average Bonchev–Trinajstić information content (AvgIpc) is 3.40. The Labute approximate surface area is 214 Å². The highest BCUT2D eigenvalue weighted by Crippen LogP contribution is 2.31. The summed E-state index contributed by atoms with van der Waals surface area (Å²) in [5.41, 5.74) is 0.0988. The first kappa shape index (κ1) is 26.9. The Morgan fingerprint density at radius 1 is 1.08 bits per heavy atom. The molecule has 0 saturated carbocycles. The van der Waals surface area contributed by atoms with E-state index in [1.165, 1.54) is 41.5 Å². The van der Waals surface area contributed by atoms with Crippen molar-refractivity contribution < 1.29 is 23.5 Å². The maximum atomic E-state index is 14.3. The van der Waals surface area contributed by atoms with E-state index >= 15 is 0 Å². The fraction of sp³-hybridized carbons (Fsp3) is 0.296. The minimum atomic E-state index is -1.15. The molecule has 3 aromatic rings. The van der Waals surface area contributed by atoms with Crippen molar-refractivity contribution in [2.75, 3.05) is 18.6 Å². The second kappa shape index (κ2) is 11.8. The Morgan fingerprint density at radius 3 is 2.47 bits per heavy atom. The molecule has 9 heteroatoms. The Morgan fingerprint density at radius 2 is 1.83 bits per heavy atom. The van der Waals surface area contributed by atoms with Gasteiger partial charge < -0.3 is 15.4 Å². The number of carbonyl (C=O) groups is 3. The quantitative estimate of drug-likeness (QED) is 0.413. The average molecular weight is 512 g/mol. The largest absolute Gasteiger partial charge is 0.497 e. The molecule has 0 aliphatic carbocycles. The number of halogens is 1. The number of hydrogen-bond acceptors (Lipinski definition) is 5. The second-order valence-corrected chi connectivity index (χ2v) is 9.76. The number of thiophene rings is 1. The van der Waals surface area contributed by atoms with Crippen molar-refractivity contribution in [1.82, 2.24) is 10.6 Å². The molecule has 1 atom stereocenters. The number of amides is 3. The smallest absolute Gasteiger partial charge is 0.261 e. The normalized spacial score (nSPS) is 11.9. The maximum absolute atomic E-state index is 14.3. The third-order valence-electron chi connectivity index (χ3n) is 5.76. The van der Waals surface area contributed by atoms with Gasteiger partial charge in [-0.15, -0.1) is 11.3 Å². The Hall–Kier alpha value is -3.72. The van der Waals surface area contributed by atoms with Crippen LogP contribution in [0.2, 0.25) is 0 Å². The summed E-state index contributed by atoms with van der Waals surface area (Å²) in [6.07, 6.45) is 0.647. The molecule has 0 aliphatic heterocycles. The molecule has 0 fully saturated rings. The van der Waals surface area contributed by atoms with Crippen molar-refractivity contribution >= 4 is 34.7 Å². The van der Waals surface area contributed by atoms with Gasteiger partial charge in [-0.2, -0.15) is 0 Å². The zero-order valence-electron chi connectivity index (χ0n) is 20.7. The van der Waals surface area contributed by atoms with Crippen LogP contribution in [0.3, 0.4) is 0 Å². The van der Waals surface area contributed by atoms with Crippen molar-refractivity contribution in [2.24, 2.45) is 0 Å². The van der Waals surface area contributed by atoms with Crippen LogP contribution in [0.15, 0.2) is 66.0 Å². The Bertz CT molecular complexity index is 1210. The molecule has 0 aliphatic rings. The van der Waals surface area contributed by atoms with Gasteiger partial charge in [0.05, 0.1) is 18.5 Å². The molecule has 1 aromatic heterocycles. The molecular weight excluding hydrogens is 481 g/mol. The van der Waals surface area contributed by atoms with E-state index in [1.54, 1.807) is 47.8 Å². The van der Waals surface area contributed by atoms with Crippen LogP contribution in [0.4, 0.5) is 10.1 Å². The van der Waals surface area contributed by atoms with Gasteiger partial charge in [0.25, 0.3) is 5.91 Å².